The number of anilines is 3. The summed E-state index contributed by atoms with van der Waals surface area (Å²) in [5.74, 6) is -4.14. The van der Waals surface area contributed by atoms with Crippen molar-refractivity contribution >= 4 is 41.0 Å². The number of esters is 1. The van der Waals surface area contributed by atoms with Gasteiger partial charge in [-0.25, -0.2) is 14.8 Å². The summed E-state index contributed by atoms with van der Waals surface area (Å²) in [5, 5.41) is 0.0985. The summed E-state index contributed by atoms with van der Waals surface area (Å²) in [5.41, 5.74) is 15.3. The molecule has 1 atom stereocenters. The largest absolute Gasteiger partial charge is 0.464 e. The second-order valence-electron chi connectivity index (χ2n) is 10.8. The molecule has 1 aromatic heterocycles. The van der Waals surface area contributed by atoms with Gasteiger partial charge in [-0.1, -0.05) is 42.1 Å². The van der Waals surface area contributed by atoms with Gasteiger partial charge >= 0.3 is 5.97 Å². The van der Waals surface area contributed by atoms with E-state index >= 15 is 8.78 Å². The van der Waals surface area contributed by atoms with Crippen molar-refractivity contribution in [2.24, 2.45) is 11.1 Å². The highest BCUT2D eigenvalue weighted by molar-refractivity contribution is 7.99. The van der Waals surface area contributed by atoms with Crippen LogP contribution in [-0.2, 0) is 21.9 Å². The van der Waals surface area contributed by atoms with Gasteiger partial charge in [0.15, 0.2) is 17.3 Å². The zero-order chi connectivity index (χ0) is 29.1. The highest BCUT2D eigenvalue weighted by Crippen LogP contribution is 2.52. The Kier molecular flexibility index (Phi) is 6.65. The van der Waals surface area contributed by atoms with Gasteiger partial charge in [0.25, 0.3) is 5.92 Å². The lowest BCUT2D eigenvalue weighted by Gasteiger charge is -2.42. The summed E-state index contributed by atoms with van der Waals surface area (Å²) >= 11 is 0.882. The number of methoxy groups -OCH3 is 1. The van der Waals surface area contributed by atoms with Crippen molar-refractivity contribution in [3.63, 3.8) is 0 Å². The number of nitrogen functional groups attached to an aromatic ring is 1. The lowest BCUT2D eigenvalue weighted by molar-refractivity contribution is -0.117. The minimum Gasteiger partial charge on any atom is -0.464 e. The number of hydrogen-bond donors (Lipinski definition) is 2. The first kappa shape index (κ1) is 27.4. The first-order valence-electron chi connectivity index (χ1n) is 13.4. The lowest BCUT2D eigenvalue weighted by atomic mass is 9.73. The van der Waals surface area contributed by atoms with Gasteiger partial charge in [0.1, 0.15) is 5.03 Å². The first-order chi connectivity index (χ1) is 19.5. The van der Waals surface area contributed by atoms with Crippen LogP contribution in [0.25, 0.3) is 0 Å². The molecule has 3 aromatic rings. The summed E-state index contributed by atoms with van der Waals surface area (Å²) in [7, 11) is 1.25. The van der Waals surface area contributed by atoms with Gasteiger partial charge in [-0.3, -0.25) is 4.79 Å². The quantitative estimate of drug-likeness (QED) is 0.434. The molecule has 0 bridgehead atoms. The SMILES string of the molecule is COC(=O)c1nc(Sc2cccc3c2C(F)(F)CN3C(C)=O)c(N)nc1N1CCC2(CC1)Cc1ccccc1[C@H]2N. The minimum atomic E-state index is -3.26. The number of rotatable bonds is 4. The zero-order valence-corrected chi connectivity index (χ0v) is 23.5. The highest BCUT2D eigenvalue weighted by atomic mass is 32.2. The second kappa shape index (κ2) is 9.95. The molecule has 1 saturated heterocycles. The third kappa shape index (κ3) is 4.49. The van der Waals surface area contributed by atoms with Crippen LogP contribution in [0.5, 0.6) is 0 Å². The summed E-state index contributed by atoms with van der Waals surface area (Å²) in [4.78, 5) is 37.1. The Morgan fingerprint density at radius 3 is 2.51 bits per heavy atom. The van der Waals surface area contributed by atoms with Crippen LogP contribution >= 0.6 is 11.8 Å². The zero-order valence-electron chi connectivity index (χ0n) is 22.7. The summed E-state index contributed by atoms with van der Waals surface area (Å²) in [6.45, 7) is 1.68. The maximum Gasteiger partial charge on any atom is 0.360 e. The van der Waals surface area contributed by atoms with Crippen molar-refractivity contribution in [2.75, 3.05) is 42.3 Å². The molecule has 41 heavy (non-hydrogen) atoms. The van der Waals surface area contributed by atoms with E-state index < -0.39 is 24.3 Å². The molecular weight excluding hydrogens is 550 g/mol. The summed E-state index contributed by atoms with van der Waals surface area (Å²) in [6, 6.07) is 12.8. The fourth-order valence-electron chi connectivity index (χ4n) is 6.37. The van der Waals surface area contributed by atoms with E-state index in [0.717, 1.165) is 35.9 Å². The van der Waals surface area contributed by atoms with Gasteiger partial charge in [-0.15, -0.1) is 0 Å². The molecule has 1 fully saturated rings. The molecule has 4 N–H and O–H groups in total. The van der Waals surface area contributed by atoms with Gasteiger partial charge in [0, 0.05) is 31.0 Å². The predicted octanol–water partition coefficient (Wildman–Crippen LogP) is 4.30. The van der Waals surface area contributed by atoms with E-state index in [1.165, 1.54) is 37.3 Å². The molecule has 6 rings (SSSR count). The van der Waals surface area contributed by atoms with Crippen molar-refractivity contribution in [2.45, 2.75) is 48.1 Å². The number of carbonyl (C=O) groups excluding carboxylic acids is 2. The Labute approximate surface area is 240 Å². The van der Waals surface area contributed by atoms with Gasteiger partial charge in [-0.05, 0) is 47.9 Å². The molecular formula is C29H30F2N6O3S. The Morgan fingerprint density at radius 2 is 1.83 bits per heavy atom. The standard InChI is InChI=1S/C29H30F2N6O3S/c1-16(38)37-15-29(30,31)21-19(37)8-5-9-20(21)41-26-24(33)35-25(22(34-26)27(39)40-2)36-12-10-28(11-13-36)14-17-6-3-4-7-18(17)23(28)32/h3-9,23H,10-15,32H2,1-2H3,(H2,33,35)/t23-/m1/s1. The summed E-state index contributed by atoms with van der Waals surface area (Å²) < 4.78 is 35.1. The number of piperidine rings is 1. The Bertz CT molecular complexity index is 1560. The Morgan fingerprint density at radius 1 is 1.10 bits per heavy atom. The van der Waals surface area contributed by atoms with Crippen molar-refractivity contribution in [1.82, 2.24) is 9.97 Å². The van der Waals surface area contributed by atoms with E-state index in [-0.39, 0.29) is 44.1 Å². The smallest absolute Gasteiger partial charge is 0.360 e. The molecule has 2 aliphatic heterocycles. The van der Waals surface area contributed by atoms with E-state index in [4.69, 9.17) is 16.2 Å². The van der Waals surface area contributed by atoms with Crippen molar-refractivity contribution in [3.8, 4) is 0 Å². The van der Waals surface area contributed by atoms with E-state index in [9.17, 15) is 9.59 Å². The number of nitrogens with two attached hydrogens (primary N) is 2. The molecule has 1 amide bonds. The van der Waals surface area contributed by atoms with Crippen LogP contribution in [0.2, 0.25) is 0 Å². The average Bonchev–Trinajstić information content (AvgIpc) is 3.40. The normalized spacial score (nSPS) is 20.2. The van der Waals surface area contributed by atoms with Crippen molar-refractivity contribution in [3.05, 3.63) is 64.8 Å². The topological polar surface area (TPSA) is 128 Å². The van der Waals surface area contributed by atoms with Gasteiger partial charge in [0.2, 0.25) is 5.91 Å². The average molecular weight is 581 g/mol. The fourth-order valence-corrected chi connectivity index (χ4v) is 7.37. The number of nitrogens with zero attached hydrogens (tertiary/aromatic N) is 4. The Balaban J connectivity index is 1.30. The number of fused-ring (bicyclic) bond motifs is 2. The molecule has 9 nitrogen and oxygen atoms in total. The number of aromatic nitrogens is 2. The molecule has 1 aliphatic carbocycles. The molecule has 3 aliphatic rings. The maximum absolute atomic E-state index is 15.1. The molecule has 12 heteroatoms. The molecule has 0 unspecified atom stereocenters. The minimum absolute atomic E-state index is 0.00486. The monoisotopic (exact) mass is 580 g/mol. The summed E-state index contributed by atoms with van der Waals surface area (Å²) in [6.07, 6.45) is 2.48. The molecule has 214 valence electrons. The van der Waals surface area contributed by atoms with Crippen LogP contribution in [0, 0.1) is 5.41 Å². The lowest BCUT2D eigenvalue weighted by Crippen LogP contribution is -2.45. The molecule has 0 radical (unpaired) electrons. The number of benzene rings is 2. The fraction of sp³-hybridized carbons (Fsp3) is 0.379. The number of alkyl halides is 2. The predicted molar refractivity (Wildman–Crippen MR) is 151 cm³/mol. The van der Waals surface area contributed by atoms with E-state index in [1.807, 2.05) is 17.0 Å². The van der Waals surface area contributed by atoms with E-state index in [0.29, 0.717) is 18.9 Å². The van der Waals surface area contributed by atoms with Gasteiger partial charge in [-0.2, -0.15) is 8.78 Å². The number of halogens is 2. The third-order valence-electron chi connectivity index (χ3n) is 8.50. The number of amides is 1. The van der Waals surface area contributed by atoms with E-state index in [1.54, 1.807) is 6.07 Å². The number of ether oxygens (including phenoxy) is 1. The van der Waals surface area contributed by atoms with Gasteiger partial charge in [0.05, 0.1) is 24.9 Å². The van der Waals surface area contributed by atoms with Crippen LogP contribution in [0.3, 0.4) is 0 Å². The highest BCUT2D eigenvalue weighted by Gasteiger charge is 2.48. The van der Waals surface area contributed by atoms with Crippen LogP contribution < -0.4 is 21.3 Å². The molecule has 1 spiro atoms. The molecule has 2 aromatic carbocycles. The van der Waals surface area contributed by atoms with Crippen LogP contribution in [-0.4, -0.2) is 48.6 Å². The molecule has 3 heterocycles. The van der Waals surface area contributed by atoms with Gasteiger partial charge < -0.3 is 26.0 Å². The molecule has 0 saturated carbocycles. The number of carbonyl (C=O) groups is 2. The van der Waals surface area contributed by atoms with Crippen LogP contribution in [0.4, 0.5) is 26.1 Å². The van der Waals surface area contributed by atoms with Crippen molar-refractivity contribution in [1.29, 1.82) is 0 Å². The first-order valence-corrected chi connectivity index (χ1v) is 14.2. The maximum atomic E-state index is 15.1. The van der Waals surface area contributed by atoms with Crippen LogP contribution in [0.1, 0.15) is 53.0 Å². The Hall–Kier alpha value is -3.77. The number of hydrogen-bond acceptors (Lipinski definition) is 9. The van der Waals surface area contributed by atoms with Crippen molar-refractivity contribution < 1.29 is 23.1 Å². The third-order valence-corrected chi connectivity index (χ3v) is 9.56. The van der Waals surface area contributed by atoms with Crippen LogP contribution in [0.15, 0.2) is 52.4 Å². The second-order valence-corrected chi connectivity index (χ2v) is 11.9. The van der Waals surface area contributed by atoms with E-state index in [2.05, 4.69) is 22.1 Å².